The second-order valence-electron chi connectivity index (χ2n) is 13.6. The number of esters is 1. The van der Waals surface area contributed by atoms with Crippen LogP contribution in [0.25, 0.3) is 11.1 Å². The van der Waals surface area contributed by atoms with Crippen molar-refractivity contribution in [2.45, 2.75) is 76.5 Å². The van der Waals surface area contributed by atoms with E-state index in [1.165, 1.54) is 5.56 Å². The van der Waals surface area contributed by atoms with E-state index in [2.05, 4.69) is 29.6 Å². The second kappa shape index (κ2) is 17.1. The molecular formula is C42H48N2O6. The van der Waals surface area contributed by atoms with E-state index in [1.807, 2.05) is 106 Å². The van der Waals surface area contributed by atoms with E-state index < -0.39 is 23.2 Å². The minimum atomic E-state index is -1.43. The molecule has 8 nitrogen and oxygen atoms in total. The average Bonchev–Trinajstić information content (AvgIpc) is 3.52. The van der Waals surface area contributed by atoms with Gasteiger partial charge in [-0.3, -0.25) is 9.59 Å². The summed E-state index contributed by atoms with van der Waals surface area (Å²) in [6.45, 7) is 6.39. The van der Waals surface area contributed by atoms with Gasteiger partial charge >= 0.3 is 5.97 Å². The van der Waals surface area contributed by atoms with Gasteiger partial charge in [-0.1, -0.05) is 84.9 Å². The van der Waals surface area contributed by atoms with Crippen LogP contribution in [0, 0.1) is 0 Å². The number of hydrogen-bond acceptors (Lipinski definition) is 7. The van der Waals surface area contributed by atoms with Crippen molar-refractivity contribution in [3.63, 3.8) is 0 Å². The fourth-order valence-electron chi connectivity index (χ4n) is 5.99. The molecule has 262 valence electrons. The number of carbonyl (C=O) groups excluding carboxylic acids is 2. The average molecular weight is 677 g/mol. The lowest BCUT2D eigenvalue weighted by molar-refractivity contribution is -0.155. The lowest BCUT2D eigenvalue weighted by Crippen LogP contribution is -2.49. The van der Waals surface area contributed by atoms with Gasteiger partial charge < -0.3 is 24.6 Å². The number of aliphatic imine (C=N–C) groups is 1. The summed E-state index contributed by atoms with van der Waals surface area (Å²) in [5, 5.41) is 12.3. The number of nitrogens with one attached hydrogen (secondary N) is 1. The molecule has 0 aliphatic carbocycles. The van der Waals surface area contributed by atoms with E-state index in [1.54, 1.807) is 0 Å². The Bertz CT molecular complexity index is 1700. The fraction of sp³-hybridized carbons (Fsp3) is 0.357. The van der Waals surface area contributed by atoms with E-state index in [9.17, 15) is 9.59 Å². The summed E-state index contributed by atoms with van der Waals surface area (Å²) in [5.41, 5.74) is 2.72. The van der Waals surface area contributed by atoms with Crippen molar-refractivity contribution in [2.24, 2.45) is 4.99 Å². The van der Waals surface area contributed by atoms with Crippen LogP contribution in [0.2, 0.25) is 0 Å². The zero-order valence-corrected chi connectivity index (χ0v) is 29.3. The normalized spacial score (nSPS) is 17.0. The summed E-state index contributed by atoms with van der Waals surface area (Å²) in [4.78, 5) is 32.6. The molecule has 0 radical (unpaired) electrons. The van der Waals surface area contributed by atoms with Crippen molar-refractivity contribution < 1.29 is 28.9 Å². The van der Waals surface area contributed by atoms with Crippen LogP contribution in [0.1, 0.15) is 75.7 Å². The van der Waals surface area contributed by atoms with Crippen molar-refractivity contribution in [3.8, 4) is 16.9 Å². The lowest BCUT2D eigenvalue weighted by atomic mass is 9.83. The number of unbranched alkanes of at least 4 members (excludes halogenated alkanes) is 1. The highest BCUT2D eigenvalue weighted by molar-refractivity contribution is 6.01. The van der Waals surface area contributed by atoms with Crippen LogP contribution in [0.5, 0.6) is 5.75 Å². The monoisotopic (exact) mass is 676 g/mol. The Morgan fingerprint density at radius 1 is 0.820 bits per heavy atom. The third-order valence-corrected chi connectivity index (χ3v) is 8.50. The van der Waals surface area contributed by atoms with E-state index in [0.717, 1.165) is 36.0 Å². The van der Waals surface area contributed by atoms with Gasteiger partial charge in [0.05, 0.1) is 6.61 Å². The second-order valence-corrected chi connectivity index (χ2v) is 13.6. The molecule has 5 rings (SSSR count). The number of rotatable bonds is 16. The summed E-state index contributed by atoms with van der Waals surface area (Å²) >= 11 is 0. The van der Waals surface area contributed by atoms with E-state index in [0.29, 0.717) is 36.8 Å². The molecule has 4 aromatic rings. The number of aliphatic hydroxyl groups excluding tert-OH is 1. The molecule has 8 heteroatoms. The zero-order valence-electron chi connectivity index (χ0n) is 29.3. The van der Waals surface area contributed by atoms with Crippen LogP contribution in [-0.2, 0) is 25.5 Å². The number of aliphatic hydroxyl groups is 1. The molecule has 0 bridgehead atoms. The summed E-state index contributed by atoms with van der Waals surface area (Å²) in [5.74, 6) is 0.265. The Morgan fingerprint density at radius 2 is 1.46 bits per heavy atom. The molecule has 1 aliphatic heterocycles. The predicted molar refractivity (Wildman–Crippen MR) is 196 cm³/mol. The molecule has 4 aromatic carbocycles. The molecule has 2 N–H and O–H groups in total. The molecule has 1 heterocycles. The van der Waals surface area contributed by atoms with Crippen LogP contribution in [-0.4, -0.2) is 53.8 Å². The molecule has 0 unspecified atom stereocenters. The molecular weight excluding hydrogens is 628 g/mol. The first-order chi connectivity index (χ1) is 24.2. The van der Waals surface area contributed by atoms with Crippen molar-refractivity contribution in [1.82, 2.24) is 5.32 Å². The molecule has 0 aromatic heterocycles. The van der Waals surface area contributed by atoms with Crippen LogP contribution in [0.3, 0.4) is 0 Å². The maximum absolute atomic E-state index is 14.5. The summed E-state index contributed by atoms with van der Waals surface area (Å²) < 4.78 is 18.0. The molecule has 0 fully saturated rings. The lowest BCUT2D eigenvalue weighted by Gasteiger charge is -2.31. The van der Waals surface area contributed by atoms with Crippen LogP contribution in [0.15, 0.2) is 114 Å². The predicted octanol–water partition coefficient (Wildman–Crippen LogP) is 7.63. The fourth-order valence-corrected chi connectivity index (χ4v) is 5.99. The Labute approximate surface area is 295 Å². The van der Waals surface area contributed by atoms with Crippen LogP contribution >= 0.6 is 0 Å². The van der Waals surface area contributed by atoms with Gasteiger partial charge in [0.25, 0.3) is 5.91 Å². The first-order valence-corrected chi connectivity index (χ1v) is 17.5. The van der Waals surface area contributed by atoms with E-state index in [-0.39, 0.29) is 25.4 Å². The van der Waals surface area contributed by atoms with E-state index >= 15 is 0 Å². The number of carbonyl (C=O) groups is 2. The van der Waals surface area contributed by atoms with Gasteiger partial charge in [-0.15, -0.1) is 0 Å². The molecule has 0 spiro atoms. The Balaban J connectivity index is 1.45. The first kappa shape index (κ1) is 36.3. The number of amides is 1. The smallest absolute Gasteiger partial charge is 0.306 e. The van der Waals surface area contributed by atoms with Gasteiger partial charge in [-0.2, -0.15) is 0 Å². The molecule has 0 saturated carbocycles. The van der Waals surface area contributed by atoms with Gasteiger partial charge in [0.2, 0.25) is 5.90 Å². The van der Waals surface area contributed by atoms with Crippen LogP contribution in [0.4, 0.5) is 0 Å². The van der Waals surface area contributed by atoms with Gasteiger partial charge in [0.15, 0.2) is 11.6 Å². The number of nitrogens with zero attached hydrogens (tertiary/aromatic N) is 1. The Morgan fingerprint density at radius 3 is 2.12 bits per heavy atom. The molecule has 0 saturated heterocycles. The molecule has 1 amide bonds. The number of ether oxygens (including phenoxy) is 3. The summed E-state index contributed by atoms with van der Waals surface area (Å²) in [6, 6.07) is 35.7. The quantitative estimate of drug-likeness (QED) is 0.0934. The Kier molecular flexibility index (Phi) is 12.4. The first-order valence-electron chi connectivity index (χ1n) is 17.5. The number of aryl methyl sites for hydroxylation is 1. The highest BCUT2D eigenvalue weighted by Crippen LogP contribution is 2.44. The highest BCUT2D eigenvalue weighted by Gasteiger charge is 2.53. The van der Waals surface area contributed by atoms with Crippen molar-refractivity contribution in [1.29, 1.82) is 0 Å². The van der Waals surface area contributed by atoms with Gasteiger partial charge in [-0.25, -0.2) is 4.99 Å². The molecule has 1 aliphatic rings. The zero-order chi connectivity index (χ0) is 35.4. The van der Waals surface area contributed by atoms with Crippen molar-refractivity contribution in [2.75, 3.05) is 19.8 Å². The topological polar surface area (TPSA) is 106 Å². The standard InChI is InChI=1S/C42H48N2O6/c1-41(2,3)50-37(46)26-27-42(40(47)43-28-11-10-15-31-13-6-4-7-14-31)38(34-20-18-33(19-21-34)32-16-8-5-9-17-32)49-39(44-42)35-22-24-36(25-23-35)48-30-12-29-45/h4-9,13-14,16-25,38,45H,10-12,15,26-30H2,1-3H3,(H,43,47)/t38-,42-/m1/s1. The minimum Gasteiger partial charge on any atom is -0.494 e. The SMILES string of the molecule is CC(C)(C)OC(=O)CC[C@@]1(C(=O)NCCCCc2ccccc2)N=C(c2ccc(OCCCO)cc2)O[C@@H]1c1ccc(-c2ccccc2)cc1. The summed E-state index contributed by atoms with van der Waals surface area (Å²) in [7, 11) is 0. The largest absolute Gasteiger partial charge is 0.494 e. The van der Waals surface area contributed by atoms with Crippen molar-refractivity contribution >= 4 is 17.8 Å². The number of benzene rings is 4. The van der Waals surface area contributed by atoms with Crippen LogP contribution < -0.4 is 10.1 Å². The third-order valence-electron chi connectivity index (χ3n) is 8.50. The molecule has 2 atom stereocenters. The van der Waals surface area contributed by atoms with Gasteiger partial charge in [0, 0.05) is 31.6 Å². The van der Waals surface area contributed by atoms with Crippen molar-refractivity contribution in [3.05, 3.63) is 126 Å². The van der Waals surface area contributed by atoms with E-state index in [4.69, 9.17) is 24.3 Å². The number of hydrogen-bond donors (Lipinski definition) is 2. The minimum absolute atomic E-state index is 0.0188. The van der Waals surface area contributed by atoms with Gasteiger partial charge in [0.1, 0.15) is 11.4 Å². The maximum atomic E-state index is 14.5. The Hall–Kier alpha value is -4.95. The van der Waals surface area contributed by atoms with Gasteiger partial charge in [-0.05, 0) is 93.0 Å². The third kappa shape index (κ3) is 9.82. The summed E-state index contributed by atoms with van der Waals surface area (Å²) in [6.07, 6.45) is 2.43. The highest BCUT2D eigenvalue weighted by atomic mass is 16.6. The maximum Gasteiger partial charge on any atom is 0.306 e. The molecule has 50 heavy (non-hydrogen) atoms.